The van der Waals surface area contributed by atoms with Crippen LogP contribution in [0.1, 0.15) is 221 Å². The van der Waals surface area contributed by atoms with Crippen LogP contribution in [-0.4, -0.2) is 63.6 Å². The summed E-state index contributed by atoms with van der Waals surface area (Å²) in [5.41, 5.74) is 6.48. The quantitative estimate of drug-likeness (QED) is 0.0917. The van der Waals surface area contributed by atoms with Gasteiger partial charge in [-0.1, -0.05) is 107 Å². The van der Waals surface area contributed by atoms with E-state index in [2.05, 4.69) is 121 Å². The molecule has 1 aromatic heterocycles. The highest BCUT2D eigenvalue weighted by molar-refractivity contribution is 15.0. The first kappa shape index (κ1) is 69.5. The fourth-order valence-electron chi connectivity index (χ4n) is 22.5. The van der Waals surface area contributed by atoms with Crippen LogP contribution in [0, 0.1) is 80.8 Å². The van der Waals surface area contributed by atoms with Gasteiger partial charge in [0.1, 0.15) is 28.3 Å². The fourth-order valence-corrected chi connectivity index (χ4v) is 22.5. The van der Waals surface area contributed by atoms with Gasteiger partial charge in [-0.2, -0.15) is 0 Å². The van der Waals surface area contributed by atoms with Gasteiger partial charge in [0.15, 0.2) is 28.9 Å². The van der Waals surface area contributed by atoms with E-state index in [4.69, 9.17) is 18.6 Å². The monoisotopic (exact) mass is 1590 g/mol. The van der Waals surface area contributed by atoms with E-state index in [1.54, 1.807) is 6.08 Å². The Morgan fingerprint density at radius 1 is 0.533 bits per heavy atom. The largest absolute Gasteiger partial charge is 0.466 e. The lowest BCUT2D eigenvalue weighted by molar-refractivity contribution is -0.161. The molecule has 0 amide bonds. The minimum absolute atomic E-state index is 0. The third-order valence-corrected chi connectivity index (χ3v) is 27.7. The van der Waals surface area contributed by atoms with Gasteiger partial charge in [0.05, 0.1) is 0 Å². The third-order valence-electron chi connectivity index (χ3n) is 27.7. The maximum absolute atomic E-state index is 13.4. The number of furan rings is 1. The van der Waals surface area contributed by atoms with Crippen molar-refractivity contribution < 1.29 is 57.0 Å². The zero-order valence-electron chi connectivity index (χ0n) is 54.4. The van der Waals surface area contributed by atoms with Gasteiger partial charge in [0.25, 0.3) is 0 Å². The second-order valence-electron chi connectivity index (χ2n) is 31.4. The molecule has 15 aliphatic rings. The van der Waals surface area contributed by atoms with E-state index in [1.165, 1.54) is 46.9 Å². The standard InChI is InChI=1S/C27H32O5.C27H32O4.C22H26O3.CH4.I2.HI/c1-16(28)4-5-22(30)19-15-17-14-18(29)6-10-25(17,2)20-7-11-26(3)21(24(19)20)8-12-27(26)13-9-23(31)32-27;1-16-4-5-22(30-16)19-15-17-14-18(28)6-10-25(17,2)20-7-11-26(3)21(24(19)20)8-12-27(26)13-9-23(29)31-27;1-20-9-5-15(23)13-14(20)3-4-16-17(20)6-10-21(2)18(16)7-11-22(21)12-8-19(24)25-22;;1-2;/h4-5,7,14,19,21,24H,6,8-13,15H2,1-3H3;4-5,7,14,19,21,24H,6,8-13,15H2,1-3H3;3-4,6,13,16,18H,5,7-12H2,1-2H3;1H4;;1H/b5-4+;;;;;/t2*19-,21-,24+,25-,26-,27+;16?,18?,20-,21-,22+;;;/m000.../s1. The number of ether oxygens (including phenoxy) is 3. The summed E-state index contributed by atoms with van der Waals surface area (Å²) in [4.78, 5) is 97.6. The zero-order chi connectivity index (χ0) is 63.9. The van der Waals surface area contributed by atoms with Crippen LogP contribution < -0.4 is 0 Å². The molecule has 0 bridgehead atoms. The fraction of sp³-hybridized carbons (Fsp3) is 0.636. The molecule has 3 aliphatic heterocycles. The minimum atomic E-state index is -0.431. The summed E-state index contributed by atoms with van der Waals surface area (Å²) in [5.74, 6) is 4.34. The summed E-state index contributed by atoms with van der Waals surface area (Å²) < 4.78 is 24.3. The Labute approximate surface area is 585 Å². The van der Waals surface area contributed by atoms with Gasteiger partial charge in [0, 0.05) is 126 Å². The number of hydrogen-bond acceptors (Lipinski definition) is 12. The summed E-state index contributed by atoms with van der Waals surface area (Å²) in [6, 6.07) is 4.20. The Hall–Kier alpha value is -3.85. The third kappa shape index (κ3) is 10.6. The summed E-state index contributed by atoms with van der Waals surface area (Å²) in [7, 11) is 0. The molecule has 15 heteroatoms. The van der Waals surface area contributed by atoms with Crippen molar-refractivity contribution in [3.63, 3.8) is 0 Å². The Bertz CT molecular complexity index is 3570. The molecule has 3 spiro atoms. The molecule has 12 nitrogen and oxygen atoms in total. The van der Waals surface area contributed by atoms with Gasteiger partial charge in [-0.3, -0.25) is 38.4 Å². The Morgan fingerprint density at radius 3 is 1.46 bits per heavy atom. The number of rotatable bonds is 4. The number of aryl methyl sites for hydroxylation is 1. The summed E-state index contributed by atoms with van der Waals surface area (Å²) in [6.07, 6.45) is 38.9. The highest BCUT2D eigenvalue weighted by Crippen LogP contribution is 2.73. The molecule has 16 rings (SSSR count). The average molecular weight is 1590 g/mol. The van der Waals surface area contributed by atoms with Crippen LogP contribution in [0.15, 0.2) is 111 Å². The van der Waals surface area contributed by atoms with Gasteiger partial charge in [0.2, 0.25) is 0 Å². The number of esters is 3. The molecule has 2 unspecified atom stereocenters. The molecule has 3 saturated heterocycles. The molecule has 0 aromatic carbocycles. The second kappa shape index (κ2) is 24.9. The molecule has 17 atom stereocenters. The van der Waals surface area contributed by atoms with Crippen molar-refractivity contribution in [1.29, 1.82) is 0 Å². The van der Waals surface area contributed by atoms with Gasteiger partial charge >= 0.3 is 17.9 Å². The molecule has 5 saturated carbocycles. The zero-order valence-corrected chi connectivity index (χ0v) is 61.0. The van der Waals surface area contributed by atoms with Crippen molar-refractivity contribution >= 4 is 108 Å². The lowest BCUT2D eigenvalue weighted by Gasteiger charge is -2.56. The van der Waals surface area contributed by atoms with E-state index >= 15 is 0 Å². The molecule has 4 heterocycles. The van der Waals surface area contributed by atoms with Crippen LogP contribution in [0.2, 0.25) is 0 Å². The van der Waals surface area contributed by atoms with Crippen LogP contribution in [0.4, 0.5) is 0 Å². The normalized spacial score (nSPS) is 42.7. The van der Waals surface area contributed by atoms with E-state index in [-0.39, 0.29) is 146 Å². The van der Waals surface area contributed by atoms with E-state index in [0.29, 0.717) is 68.6 Å². The van der Waals surface area contributed by atoms with E-state index < -0.39 is 5.60 Å². The van der Waals surface area contributed by atoms with Crippen LogP contribution in [0.3, 0.4) is 0 Å². The van der Waals surface area contributed by atoms with Gasteiger partial charge < -0.3 is 18.6 Å². The van der Waals surface area contributed by atoms with Crippen LogP contribution in [0.5, 0.6) is 0 Å². The molecule has 12 aliphatic carbocycles. The topological polar surface area (TPSA) is 177 Å². The summed E-state index contributed by atoms with van der Waals surface area (Å²) in [6.45, 7) is 17.3. The van der Waals surface area contributed by atoms with Crippen molar-refractivity contribution in [2.24, 2.45) is 73.9 Å². The van der Waals surface area contributed by atoms with Gasteiger partial charge in [-0.05, 0) is 201 Å². The first-order valence-electron chi connectivity index (χ1n) is 33.8. The Kier molecular flexibility index (Phi) is 18.8. The Morgan fingerprint density at radius 2 is 0.978 bits per heavy atom. The maximum atomic E-state index is 13.4. The minimum Gasteiger partial charge on any atom is -0.466 e. The number of ketones is 5. The van der Waals surface area contributed by atoms with Gasteiger partial charge in [-0.15, -0.1) is 24.0 Å². The van der Waals surface area contributed by atoms with Crippen molar-refractivity contribution in [2.45, 2.75) is 233 Å². The smallest absolute Gasteiger partial charge is 0.306 e. The molecule has 8 fully saturated rings. The number of halogens is 3. The molecule has 1 aromatic rings. The summed E-state index contributed by atoms with van der Waals surface area (Å²) >= 11 is 4.24. The van der Waals surface area contributed by atoms with Crippen molar-refractivity contribution in [3.05, 3.63) is 118 Å². The predicted molar refractivity (Wildman–Crippen MR) is 380 cm³/mol. The highest BCUT2D eigenvalue weighted by atomic mass is 128. The molecule has 0 N–H and O–H groups in total. The highest BCUT2D eigenvalue weighted by Gasteiger charge is 2.70. The van der Waals surface area contributed by atoms with E-state index in [1.807, 2.05) is 19.1 Å². The summed E-state index contributed by atoms with van der Waals surface area (Å²) in [5, 5.41) is 0. The Balaban J connectivity index is 0.000000139. The van der Waals surface area contributed by atoms with Crippen LogP contribution >= 0.6 is 61.2 Å². The first-order chi connectivity index (χ1) is 42.7. The van der Waals surface area contributed by atoms with E-state index in [9.17, 15) is 38.4 Å². The number of allylic oxidation sites excluding steroid dienone is 16. The van der Waals surface area contributed by atoms with Crippen molar-refractivity contribution in [3.8, 4) is 0 Å². The van der Waals surface area contributed by atoms with Crippen molar-refractivity contribution in [2.75, 3.05) is 0 Å². The van der Waals surface area contributed by atoms with Crippen molar-refractivity contribution in [1.82, 2.24) is 0 Å². The number of hydrogen-bond donors (Lipinski definition) is 0. The van der Waals surface area contributed by atoms with Crippen LogP contribution in [-0.2, 0) is 52.6 Å². The molecule has 0 radical (unpaired) electrons. The van der Waals surface area contributed by atoms with Gasteiger partial charge in [-0.25, -0.2) is 0 Å². The SMILES string of the molecule is C.CC(=O)/C=C/C(=O)[C@@H]1CC2=CC(=O)CC[C@]2(C)C2=CC[C@@]3(C)[C@@H](CC[C@@]34CCC(=O)O4)[C@@H]21.C[C@]12CCC(=O)C=C1C=CC1C2=CC[C@@]2(C)C1CC[C@@]21CCC(=O)O1.Cc1ccc([C@@H]2CC3=CC(=O)CC[C@]3(C)C3=CC[C@@]4(C)[C@@H](CC[C@@]45CCC(=O)O5)[C@@H]32)o1.I.II. The molecular formula is C77H95I3O12. The molecule has 496 valence electrons. The van der Waals surface area contributed by atoms with E-state index in [0.717, 1.165) is 120 Å². The lowest BCUT2D eigenvalue weighted by atomic mass is 9.47. The second-order valence-corrected chi connectivity index (χ2v) is 31.4. The van der Waals surface area contributed by atoms with Crippen LogP contribution in [0.25, 0.3) is 0 Å². The number of carbonyl (C=O) groups is 8. The lowest BCUT2D eigenvalue weighted by Crippen LogP contribution is -2.53. The number of carbonyl (C=O) groups excluding carboxylic acids is 8. The maximum Gasteiger partial charge on any atom is 0.306 e. The molecule has 92 heavy (non-hydrogen) atoms. The molecular weight excluding hydrogens is 1500 g/mol. The number of fused-ring (bicyclic) bond motifs is 18. The average Bonchev–Trinajstić information content (AvgIpc) is 1.45. The predicted octanol–water partition coefficient (Wildman–Crippen LogP) is 17.6. The first-order valence-corrected chi connectivity index (χ1v) is 40.1.